The van der Waals surface area contributed by atoms with E-state index in [4.69, 9.17) is 11.6 Å². The van der Waals surface area contributed by atoms with Crippen molar-refractivity contribution in [3.63, 3.8) is 0 Å². The molecule has 148 valence electrons. The average molecular weight is 399 g/mol. The van der Waals surface area contributed by atoms with Gasteiger partial charge in [0.1, 0.15) is 0 Å². The number of hydrogen-bond acceptors (Lipinski definition) is 2. The van der Waals surface area contributed by atoms with Crippen LogP contribution in [0.3, 0.4) is 0 Å². The zero-order valence-corrected chi connectivity index (χ0v) is 17.4. The highest BCUT2D eigenvalue weighted by Crippen LogP contribution is 2.31. The number of hydrogen-bond donors (Lipinski definition) is 1. The molecule has 2 amide bonds. The van der Waals surface area contributed by atoms with Crippen LogP contribution in [0.1, 0.15) is 61.1 Å². The van der Waals surface area contributed by atoms with Gasteiger partial charge in [-0.15, -0.1) is 0 Å². The molecule has 0 aromatic heterocycles. The maximum absolute atomic E-state index is 12.6. The van der Waals surface area contributed by atoms with Gasteiger partial charge in [-0.25, -0.2) is 0 Å². The smallest absolute Gasteiger partial charge is 0.251 e. The summed E-state index contributed by atoms with van der Waals surface area (Å²) in [4.78, 5) is 27.0. The summed E-state index contributed by atoms with van der Waals surface area (Å²) >= 11 is 5.89. The number of anilines is 1. The van der Waals surface area contributed by atoms with Crippen molar-refractivity contribution in [2.75, 3.05) is 11.4 Å². The van der Waals surface area contributed by atoms with Gasteiger partial charge in [0.05, 0.1) is 6.04 Å². The standard InChI is InChI=1S/C23H27ClN2O2/c1-15(2)13-22(27)26-12-4-5-19-14-18(8-11-21(19)26)16(3)25-23(28)17-6-9-20(24)10-7-17/h6-11,14-16H,4-5,12-13H2,1-3H3,(H,25,28)/t16-/m1/s1. The second-order valence-electron chi connectivity index (χ2n) is 7.84. The number of amides is 2. The Morgan fingerprint density at radius 2 is 1.82 bits per heavy atom. The molecule has 2 aromatic rings. The summed E-state index contributed by atoms with van der Waals surface area (Å²) in [6.07, 6.45) is 2.48. The van der Waals surface area contributed by atoms with Crippen molar-refractivity contribution in [1.29, 1.82) is 0 Å². The van der Waals surface area contributed by atoms with Crippen molar-refractivity contribution in [3.8, 4) is 0 Å². The average Bonchev–Trinajstić information content (AvgIpc) is 2.66. The van der Waals surface area contributed by atoms with Gasteiger partial charge < -0.3 is 10.2 Å². The maximum Gasteiger partial charge on any atom is 0.251 e. The Hall–Kier alpha value is -2.33. The topological polar surface area (TPSA) is 49.4 Å². The predicted octanol–water partition coefficient (Wildman–Crippen LogP) is 5.16. The third kappa shape index (κ3) is 4.74. The fourth-order valence-corrected chi connectivity index (χ4v) is 3.70. The predicted molar refractivity (Wildman–Crippen MR) is 114 cm³/mol. The molecular formula is C23H27ClN2O2. The second-order valence-corrected chi connectivity index (χ2v) is 8.27. The van der Waals surface area contributed by atoms with E-state index in [0.717, 1.165) is 30.6 Å². The molecular weight excluding hydrogens is 372 g/mol. The molecule has 1 N–H and O–H groups in total. The van der Waals surface area contributed by atoms with Gasteiger partial charge in [-0.1, -0.05) is 37.6 Å². The lowest BCUT2D eigenvalue weighted by molar-refractivity contribution is -0.119. The van der Waals surface area contributed by atoms with E-state index in [1.807, 2.05) is 24.0 Å². The highest BCUT2D eigenvalue weighted by atomic mass is 35.5. The van der Waals surface area contributed by atoms with Crippen molar-refractivity contribution in [2.24, 2.45) is 5.92 Å². The molecule has 3 rings (SSSR count). The number of benzene rings is 2. The van der Waals surface area contributed by atoms with Gasteiger partial charge in [0, 0.05) is 29.2 Å². The van der Waals surface area contributed by atoms with Crippen LogP contribution >= 0.6 is 11.6 Å². The van der Waals surface area contributed by atoms with E-state index in [0.29, 0.717) is 22.9 Å². The number of nitrogens with one attached hydrogen (secondary N) is 1. The molecule has 1 aliphatic heterocycles. The third-order valence-corrected chi connectivity index (χ3v) is 5.31. The van der Waals surface area contributed by atoms with Crippen LogP contribution in [0.2, 0.25) is 5.02 Å². The molecule has 0 fully saturated rings. The first-order chi connectivity index (χ1) is 13.3. The van der Waals surface area contributed by atoms with Crippen molar-refractivity contribution in [2.45, 2.75) is 46.1 Å². The minimum absolute atomic E-state index is 0.129. The molecule has 0 bridgehead atoms. The quantitative estimate of drug-likeness (QED) is 0.756. The lowest BCUT2D eigenvalue weighted by Gasteiger charge is -2.31. The molecule has 5 heteroatoms. The first-order valence-corrected chi connectivity index (χ1v) is 10.2. The van der Waals surface area contributed by atoms with Crippen LogP contribution in [0.4, 0.5) is 5.69 Å². The van der Waals surface area contributed by atoms with Crippen LogP contribution < -0.4 is 10.2 Å². The molecule has 28 heavy (non-hydrogen) atoms. The molecule has 0 spiro atoms. The van der Waals surface area contributed by atoms with Gasteiger partial charge >= 0.3 is 0 Å². The molecule has 1 atom stereocenters. The lowest BCUT2D eigenvalue weighted by atomic mass is 9.96. The number of nitrogens with zero attached hydrogens (tertiary/aromatic N) is 1. The Morgan fingerprint density at radius 3 is 2.50 bits per heavy atom. The Bertz CT molecular complexity index is 861. The molecule has 0 saturated heterocycles. The first kappa shape index (κ1) is 20.4. The summed E-state index contributed by atoms with van der Waals surface area (Å²) in [5, 5.41) is 3.64. The number of halogens is 1. The highest BCUT2D eigenvalue weighted by molar-refractivity contribution is 6.30. The van der Waals surface area contributed by atoms with Crippen molar-refractivity contribution in [1.82, 2.24) is 5.32 Å². The van der Waals surface area contributed by atoms with E-state index in [1.54, 1.807) is 24.3 Å². The summed E-state index contributed by atoms with van der Waals surface area (Å²) in [6, 6.07) is 12.9. The number of carbonyl (C=O) groups is 2. The number of fused-ring (bicyclic) bond motifs is 1. The minimum atomic E-state index is -0.129. The zero-order chi connectivity index (χ0) is 20.3. The van der Waals surface area contributed by atoms with Crippen LogP contribution in [0.5, 0.6) is 0 Å². The normalized spacial score (nSPS) is 14.5. The van der Waals surface area contributed by atoms with E-state index >= 15 is 0 Å². The summed E-state index contributed by atoms with van der Waals surface area (Å²) < 4.78 is 0. The fourth-order valence-electron chi connectivity index (χ4n) is 3.57. The molecule has 1 heterocycles. The number of rotatable bonds is 5. The van der Waals surface area contributed by atoms with Crippen LogP contribution in [0.25, 0.3) is 0 Å². The highest BCUT2D eigenvalue weighted by Gasteiger charge is 2.24. The molecule has 0 saturated carbocycles. The van der Waals surface area contributed by atoms with Gasteiger partial charge in [-0.2, -0.15) is 0 Å². The lowest BCUT2D eigenvalue weighted by Crippen LogP contribution is -2.36. The largest absolute Gasteiger partial charge is 0.346 e. The second kappa shape index (κ2) is 8.78. The Labute approximate surface area is 171 Å². The van der Waals surface area contributed by atoms with Crippen LogP contribution in [-0.4, -0.2) is 18.4 Å². The van der Waals surface area contributed by atoms with E-state index in [9.17, 15) is 9.59 Å². The Balaban J connectivity index is 1.74. The summed E-state index contributed by atoms with van der Waals surface area (Å²) in [6.45, 7) is 6.88. The molecule has 0 aliphatic carbocycles. The summed E-state index contributed by atoms with van der Waals surface area (Å²) in [7, 11) is 0. The Morgan fingerprint density at radius 1 is 1.11 bits per heavy atom. The maximum atomic E-state index is 12.6. The van der Waals surface area contributed by atoms with Gasteiger partial charge in [0.25, 0.3) is 5.91 Å². The zero-order valence-electron chi connectivity index (χ0n) is 16.7. The van der Waals surface area contributed by atoms with Crippen LogP contribution in [-0.2, 0) is 11.2 Å². The van der Waals surface area contributed by atoms with Crippen LogP contribution in [0, 0.1) is 5.92 Å². The van der Waals surface area contributed by atoms with Gasteiger partial charge in [0.2, 0.25) is 5.91 Å². The molecule has 4 nitrogen and oxygen atoms in total. The van der Waals surface area contributed by atoms with Gasteiger partial charge in [0.15, 0.2) is 0 Å². The van der Waals surface area contributed by atoms with E-state index in [-0.39, 0.29) is 17.9 Å². The molecule has 2 aromatic carbocycles. The van der Waals surface area contributed by atoms with E-state index < -0.39 is 0 Å². The minimum Gasteiger partial charge on any atom is -0.346 e. The van der Waals surface area contributed by atoms with Crippen LogP contribution in [0.15, 0.2) is 42.5 Å². The SMILES string of the molecule is CC(C)CC(=O)N1CCCc2cc([C@@H](C)NC(=O)c3ccc(Cl)cc3)ccc21. The van der Waals surface area contributed by atoms with Gasteiger partial charge in [-0.05, 0) is 67.1 Å². The summed E-state index contributed by atoms with van der Waals surface area (Å²) in [5.74, 6) is 0.406. The van der Waals surface area contributed by atoms with Gasteiger partial charge in [-0.3, -0.25) is 9.59 Å². The van der Waals surface area contributed by atoms with Crippen molar-refractivity contribution >= 4 is 29.1 Å². The molecule has 0 unspecified atom stereocenters. The number of carbonyl (C=O) groups excluding carboxylic acids is 2. The first-order valence-electron chi connectivity index (χ1n) is 9.84. The monoisotopic (exact) mass is 398 g/mol. The molecule has 0 radical (unpaired) electrons. The van der Waals surface area contributed by atoms with E-state index in [2.05, 4.69) is 25.2 Å². The Kier molecular flexibility index (Phi) is 6.40. The van der Waals surface area contributed by atoms with E-state index in [1.165, 1.54) is 5.56 Å². The van der Waals surface area contributed by atoms with Crippen molar-refractivity contribution in [3.05, 3.63) is 64.2 Å². The third-order valence-electron chi connectivity index (χ3n) is 5.06. The number of aryl methyl sites for hydroxylation is 1. The fraction of sp³-hybridized carbons (Fsp3) is 0.391. The summed E-state index contributed by atoms with van der Waals surface area (Å²) in [5.41, 5.74) is 3.81. The van der Waals surface area contributed by atoms with Crippen molar-refractivity contribution < 1.29 is 9.59 Å². The molecule has 1 aliphatic rings.